The number of carbonyl (C=O) groups is 1. The second kappa shape index (κ2) is 10.5. The quantitative estimate of drug-likeness (QED) is 0.669. The summed E-state index contributed by atoms with van der Waals surface area (Å²) in [5.74, 6) is 1.17. The van der Waals surface area contributed by atoms with Crippen LogP contribution in [0.5, 0.6) is 11.5 Å². The van der Waals surface area contributed by atoms with E-state index in [0.717, 1.165) is 11.1 Å². The summed E-state index contributed by atoms with van der Waals surface area (Å²) in [7, 11) is 4.84. The number of hydrogen-bond acceptors (Lipinski definition) is 5. The molecule has 0 aliphatic rings. The molecule has 0 aliphatic carbocycles. The van der Waals surface area contributed by atoms with Crippen LogP contribution in [0.1, 0.15) is 24.5 Å². The number of rotatable bonds is 10. The molecule has 6 heteroatoms. The molecule has 0 aromatic heterocycles. The highest BCUT2D eigenvalue weighted by molar-refractivity contribution is 5.92. The molecule has 1 unspecified atom stereocenters. The first-order valence-electron chi connectivity index (χ1n) is 8.87. The summed E-state index contributed by atoms with van der Waals surface area (Å²) in [4.78, 5) is 12.4. The molecule has 2 rings (SSSR count). The maximum Gasteiger partial charge on any atom is 0.226 e. The third-order valence-electron chi connectivity index (χ3n) is 4.16. The van der Waals surface area contributed by atoms with Crippen LogP contribution in [0.4, 0.5) is 5.69 Å². The molecule has 2 aromatic carbocycles. The molecule has 2 aromatic rings. The fraction of sp³-hybridized carbons (Fsp3) is 0.381. The zero-order valence-electron chi connectivity index (χ0n) is 16.4. The van der Waals surface area contributed by atoms with E-state index in [1.165, 1.54) is 0 Å². The molecule has 0 spiro atoms. The van der Waals surface area contributed by atoms with Gasteiger partial charge in [0.15, 0.2) is 0 Å². The third kappa shape index (κ3) is 6.58. The van der Waals surface area contributed by atoms with Crippen molar-refractivity contribution in [1.82, 2.24) is 5.32 Å². The summed E-state index contributed by atoms with van der Waals surface area (Å²) in [5.41, 5.74) is 2.90. The first-order valence-corrected chi connectivity index (χ1v) is 8.87. The van der Waals surface area contributed by atoms with Gasteiger partial charge in [-0.2, -0.15) is 0 Å². The predicted octanol–water partition coefficient (Wildman–Crippen LogP) is 3.36. The highest BCUT2D eigenvalue weighted by atomic mass is 16.5. The number of ether oxygens (including phenoxy) is 3. The molecule has 0 aliphatic heterocycles. The molecule has 0 saturated heterocycles. The van der Waals surface area contributed by atoms with E-state index in [0.29, 0.717) is 36.8 Å². The van der Waals surface area contributed by atoms with Crippen LogP contribution in [0.2, 0.25) is 0 Å². The van der Waals surface area contributed by atoms with Crippen molar-refractivity contribution in [1.29, 1.82) is 0 Å². The van der Waals surface area contributed by atoms with Crippen LogP contribution in [-0.4, -0.2) is 33.3 Å². The summed E-state index contributed by atoms with van der Waals surface area (Å²) in [6.07, 6.45) is 0.349. The Hall–Kier alpha value is -2.57. The minimum Gasteiger partial charge on any atom is -0.497 e. The van der Waals surface area contributed by atoms with Gasteiger partial charge in [0, 0.05) is 32.2 Å². The van der Waals surface area contributed by atoms with Crippen molar-refractivity contribution >= 4 is 11.6 Å². The molecule has 0 heterocycles. The van der Waals surface area contributed by atoms with Crippen LogP contribution < -0.4 is 20.1 Å². The van der Waals surface area contributed by atoms with Crippen LogP contribution in [0, 0.1) is 0 Å². The van der Waals surface area contributed by atoms with E-state index in [1.807, 2.05) is 19.1 Å². The van der Waals surface area contributed by atoms with Crippen molar-refractivity contribution in [2.75, 3.05) is 26.6 Å². The molecule has 146 valence electrons. The van der Waals surface area contributed by atoms with Crippen molar-refractivity contribution < 1.29 is 19.0 Å². The number of carbonyl (C=O) groups excluding carboxylic acids is 1. The van der Waals surface area contributed by atoms with Crippen molar-refractivity contribution in [2.45, 2.75) is 32.5 Å². The second-order valence-electron chi connectivity index (χ2n) is 6.35. The van der Waals surface area contributed by atoms with Crippen molar-refractivity contribution in [3.8, 4) is 11.5 Å². The summed E-state index contributed by atoms with van der Waals surface area (Å²) in [5, 5.41) is 6.26. The Balaban J connectivity index is 1.84. The maximum absolute atomic E-state index is 12.4. The van der Waals surface area contributed by atoms with Gasteiger partial charge < -0.3 is 24.8 Å². The number of anilines is 1. The van der Waals surface area contributed by atoms with Crippen LogP contribution in [0.25, 0.3) is 0 Å². The summed E-state index contributed by atoms with van der Waals surface area (Å²) >= 11 is 0. The Morgan fingerprint density at radius 3 is 2.33 bits per heavy atom. The van der Waals surface area contributed by atoms with Crippen molar-refractivity contribution in [3.05, 3.63) is 53.6 Å². The molecule has 2 N–H and O–H groups in total. The van der Waals surface area contributed by atoms with E-state index in [9.17, 15) is 4.79 Å². The Labute approximate surface area is 160 Å². The lowest BCUT2D eigenvalue weighted by molar-refractivity contribution is -0.116. The Morgan fingerprint density at radius 1 is 1.00 bits per heavy atom. The molecular weight excluding hydrogens is 344 g/mol. The largest absolute Gasteiger partial charge is 0.497 e. The number of hydrogen-bond donors (Lipinski definition) is 2. The Bertz CT molecular complexity index is 731. The average Bonchev–Trinajstić information content (AvgIpc) is 2.67. The number of amides is 1. The second-order valence-corrected chi connectivity index (χ2v) is 6.35. The van der Waals surface area contributed by atoms with Gasteiger partial charge >= 0.3 is 0 Å². The normalized spacial score (nSPS) is 11.7. The SMILES string of the molecule is COCc1ccc(CNC(C)CC(=O)Nc2cc(OC)ccc2OC)cc1. The third-order valence-corrected chi connectivity index (χ3v) is 4.16. The molecule has 0 saturated carbocycles. The molecule has 0 fully saturated rings. The van der Waals surface area contributed by atoms with Gasteiger partial charge in [-0.15, -0.1) is 0 Å². The molecule has 27 heavy (non-hydrogen) atoms. The fourth-order valence-corrected chi connectivity index (χ4v) is 2.68. The van der Waals surface area contributed by atoms with Crippen molar-refractivity contribution in [3.63, 3.8) is 0 Å². The highest BCUT2D eigenvalue weighted by Crippen LogP contribution is 2.29. The number of benzene rings is 2. The fourth-order valence-electron chi connectivity index (χ4n) is 2.68. The zero-order chi connectivity index (χ0) is 19.6. The molecule has 1 amide bonds. The van der Waals surface area contributed by atoms with Crippen LogP contribution >= 0.6 is 0 Å². The molecule has 0 radical (unpaired) electrons. The highest BCUT2D eigenvalue weighted by Gasteiger charge is 2.12. The van der Waals surface area contributed by atoms with Gasteiger partial charge in [-0.25, -0.2) is 0 Å². The van der Waals surface area contributed by atoms with Gasteiger partial charge in [-0.3, -0.25) is 4.79 Å². The lowest BCUT2D eigenvalue weighted by atomic mass is 10.1. The molecular formula is C21H28N2O4. The monoisotopic (exact) mass is 372 g/mol. The molecule has 6 nitrogen and oxygen atoms in total. The van der Waals surface area contributed by atoms with Gasteiger partial charge in [-0.1, -0.05) is 24.3 Å². The van der Waals surface area contributed by atoms with E-state index < -0.39 is 0 Å². The van der Waals surface area contributed by atoms with E-state index in [4.69, 9.17) is 14.2 Å². The number of methoxy groups -OCH3 is 3. The van der Waals surface area contributed by atoms with Gasteiger partial charge in [0.25, 0.3) is 0 Å². The lowest BCUT2D eigenvalue weighted by Crippen LogP contribution is -2.30. The average molecular weight is 372 g/mol. The van der Waals surface area contributed by atoms with E-state index in [1.54, 1.807) is 39.5 Å². The van der Waals surface area contributed by atoms with Gasteiger partial charge in [0.2, 0.25) is 5.91 Å². The first-order chi connectivity index (χ1) is 13.0. The topological polar surface area (TPSA) is 68.8 Å². The van der Waals surface area contributed by atoms with Crippen LogP contribution in [-0.2, 0) is 22.7 Å². The lowest BCUT2D eigenvalue weighted by Gasteiger charge is -2.16. The summed E-state index contributed by atoms with van der Waals surface area (Å²) < 4.78 is 15.6. The number of nitrogens with one attached hydrogen (secondary N) is 2. The standard InChI is InChI=1S/C21H28N2O4/c1-15(22-13-16-5-7-17(8-6-16)14-25-2)11-21(24)23-19-12-18(26-3)9-10-20(19)27-4/h5-10,12,15,22H,11,13-14H2,1-4H3,(H,23,24). The Morgan fingerprint density at radius 2 is 1.70 bits per heavy atom. The molecule has 0 bridgehead atoms. The maximum atomic E-state index is 12.4. The van der Waals surface area contributed by atoms with Crippen LogP contribution in [0.3, 0.4) is 0 Å². The van der Waals surface area contributed by atoms with Gasteiger partial charge in [-0.05, 0) is 30.2 Å². The van der Waals surface area contributed by atoms with Crippen LogP contribution in [0.15, 0.2) is 42.5 Å². The zero-order valence-corrected chi connectivity index (χ0v) is 16.4. The smallest absolute Gasteiger partial charge is 0.226 e. The summed E-state index contributed by atoms with van der Waals surface area (Å²) in [6, 6.07) is 13.6. The minimum atomic E-state index is -0.0861. The van der Waals surface area contributed by atoms with E-state index in [2.05, 4.69) is 22.8 Å². The summed E-state index contributed by atoms with van der Waals surface area (Å²) in [6.45, 7) is 3.30. The van der Waals surface area contributed by atoms with E-state index in [-0.39, 0.29) is 11.9 Å². The minimum absolute atomic E-state index is 0.0280. The molecule has 1 atom stereocenters. The van der Waals surface area contributed by atoms with Gasteiger partial charge in [0.1, 0.15) is 11.5 Å². The van der Waals surface area contributed by atoms with Gasteiger partial charge in [0.05, 0.1) is 26.5 Å². The Kier molecular flexibility index (Phi) is 8.10. The predicted molar refractivity (Wildman–Crippen MR) is 106 cm³/mol. The van der Waals surface area contributed by atoms with Crippen molar-refractivity contribution in [2.24, 2.45) is 0 Å². The first kappa shape index (κ1) is 20.7. The van der Waals surface area contributed by atoms with E-state index >= 15 is 0 Å².